The van der Waals surface area contributed by atoms with Gasteiger partial charge < -0.3 is 18.8 Å². The molecule has 0 aromatic carbocycles. The smallest absolute Gasteiger partial charge is 0.468 e. The van der Waals surface area contributed by atoms with Crippen LogP contribution in [0.3, 0.4) is 0 Å². The largest absolute Gasteiger partial charge is 0.743 e. The van der Waals surface area contributed by atoms with Gasteiger partial charge in [0.15, 0.2) is 10.1 Å². The van der Waals surface area contributed by atoms with Gasteiger partial charge in [-0.3, -0.25) is 0 Å². The molecular weight excluding hydrogens is 406 g/mol. The predicted octanol–water partition coefficient (Wildman–Crippen LogP) is 1.50. The van der Waals surface area contributed by atoms with Crippen molar-refractivity contribution in [3.05, 3.63) is 25.2 Å². The Hall–Kier alpha value is -2.13. The van der Waals surface area contributed by atoms with E-state index in [9.17, 15) is 48.9 Å². The second-order valence-electron chi connectivity index (χ2n) is 4.17. The van der Waals surface area contributed by atoms with Crippen molar-refractivity contribution in [3.63, 3.8) is 0 Å². The van der Waals surface area contributed by atoms with Gasteiger partial charge in [-0.1, -0.05) is 13.2 Å². The average Bonchev–Trinajstić information content (AvgIpc) is 2.43. The molecule has 1 unspecified atom stereocenters. The van der Waals surface area contributed by atoms with E-state index in [-0.39, 0.29) is 6.26 Å². The summed E-state index contributed by atoms with van der Waals surface area (Å²) in [5, 5.41) is -5.08. The Balaban J connectivity index is 5.83. The molecule has 0 amide bonds. The summed E-state index contributed by atoms with van der Waals surface area (Å²) in [4.78, 5) is 22.5. The number of hydrogen-bond acceptors (Lipinski definition) is 8. The van der Waals surface area contributed by atoms with Gasteiger partial charge in [-0.2, -0.15) is 26.3 Å². The molecule has 0 spiro atoms. The van der Waals surface area contributed by atoms with E-state index in [1.165, 1.54) is 0 Å². The standard InChI is InChI=1S/C11H10F6O8S/c1-3-23-8(19)10(11(15,16)17,25-7(18)6(2)12)24-5-4-9(13,14)26(20,21)22/h3H,1-2,4-5H2,(H,20,21,22)/p-1. The Morgan fingerprint density at radius 1 is 1.15 bits per heavy atom. The second-order valence-corrected chi connectivity index (χ2v) is 5.68. The molecule has 1 atom stereocenters. The molecule has 26 heavy (non-hydrogen) atoms. The van der Waals surface area contributed by atoms with Gasteiger partial charge in [0, 0.05) is 6.42 Å². The molecule has 0 radical (unpaired) electrons. The molecule has 0 bridgehead atoms. The molecule has 0 N–H and O–H groups in total. The first-order chi connectivity index (χ1) is 11.5. The van der Waals surface area contributed by atoms with E-state index in [0.717, 1.165) is 0 Å². The van der Waals surface area contributed by atoms with Gasteiger partial charge in [-0.15, -0.1) is 0 Å². The predicted molar refractivity (Wildman–Crippen MR) is 66.6 cm³/mol. The minimum Gasteiger partial charge on any atom is -0.743 e. The quantitative estimate of drug-likeness (QED) is 0.139. The van der Waals surface area contributed by atoms with E-state index < -0.39 is 58.1 Å². The molecule has 0 aliphatic carbocycles. The Bertz CT molecular complexity index is 685. The lowest BCUT2D eigenvalue weighted by Gasteiger charge is -2.32. The van der Waals surface area contributed by atoms with E-state index in [1.807, 2.05) is 0 Å². The van der Waals surface area contributed by atoms with Crippen LogP contribution in [0.4, 0.5) is 26.3 Å². The van der Waals surface area contributed by atoms with Gasteiger partial charge in [0.2, 0.25) is 5.83 Å². The molecule has 0 aliphatic rings. The SMILES string of the molecule is C=COC(=O)C(OCCC(F)(F)S(=O)(=O)[O-])(OC(=O)C(=C)F)C(F)(F)F. The number of halogens is 6. The summed E-state index contributed by atoms with van der Waals surface area (Å²) in [6, 6.07) is 0. The molecule has 150 valence electrons. The molecule has 0 aliphatic heterocycles. The molecule has 8 nitrogen and oxygen atoms in total. The van der Waals surface area contributed by atoms with Crippen LogP contribution in [-0.2, 0) is 33.9 Å². The van der Waals surface area contributed by atoms with Gasteiger partial charge in [0.25, 0.3) is 0 Å². The van der Waals surface area contributed by atoms with Crippen LogP contribution in [-0.4, -0.2) is 48.7 Å². The third kappa shape index (κ3) is 5.43. The van der Waals surface area contributed by atoms with Crippen LogP contribution in [0.5, 0.6) is 0 Å². The summed E-state index contributed by atoms with van der Waals surface area (Å²) in [6.07, 6.45) is -8.06. The maximum atomic E-state index is 13.2. The number of esters is 2. The van der Waals surface area contributed by atoms with Gasteiger partial charge in [-0.25, -0.2) is 18.0 Å². The van der Waals surface area contributed by atoms with Gasteiger partial charge in [0.05, 0.1) is 12.9 Å². The Kier molecular flexibility index (Phi) is 7.39. The first kappa shape index (κ1) is 23.9. The van der Waals surface area contributed by atoms with E-state index in [2.05, 4.69) is 27.4 Å². The Morgan fingerprint density at radius 3 is 2.00 bits per heavy atom. The van der Waals surface area contributed by atoms with Crippen LogP contribution in [0.15, 0.2) is 25.2 Å². The van der Waals surface area contributed by atoms with Crippen LogP contribution >= 0.6 is 0 Å². The maximum Gasteiger partial charge on any atom is 0.468 e. The highest BCUT2D eigenvalue weighted by Crippen LogP contribution is 2.38. The zero-order valence-electron chi connectivity index (χ0n) is 12.3. The van der Waals surface area contributed by atoms with Crippen LogP contribution < -0.4 is 0 Å². The monoisotopic (exact) mass is 415 g/mol. The Morgan fingerprint density at radius 2 is 1.65 bits per heavy atom. The zero-order valence-corrected chi connectivity index (χ0v) is 13.2. The van der Waals surface area contributed by atoms with Crippen molar-refractivity contribution in [1.29, 1.82) is 0 Å². The highest BCUT2D eigenvalue weighted by Gasteiger charge is 2.68. The first-order valence-corrected chi connectivity index (χ1v) is 7.36. The van der Waals surface area contributed by atoms with Crippen molar-refractivity contribution in [2.24, 2.45) is 0 Å². The third-order valence-electron chi connectivity index (χ3n) is 2.35. The molecule has 0 heterocycles. The van der Waals surface area contributed by atoms with E-state index in [0.29, 0.717) is 0 Å². The minimum absolute atomic E-state index is 0.112. The molecule has 0 saturated heterocycles. The number of carbonyl (C=O) groups excluding carboxylic acids is 2. The van der Waals surface area contributed by atoms with Crippen molar-refractivity contribution < 1.29 is 63.1 Å². The van der Waals surface area contributed by atoms with Crippen molar-refractivity contribution >= 4 is 22.1 Å². The fraction of sp³-hybridized carbons (Fsp3) is 0.455. The normalized spacial score (nSPS) is 14.9. The van der Waals surface area contributed by atoms with E-state index >= 15 is 0 Å². The fourth-order valence-electron chi connectivity index (χ4n) is 1.16. The Labute approximate surface area is 141 Å². The lowest BCUT2D eigenvalue weighted by Crippen LogP contribution is -2.58. The number of carbonyl (C=O) groups is 2. The molecule has 0 saturated carbocycles. The molecule has 15 heteroatoms. The highest BCUT2D eigenvalue weighted by atomic mass is 32.2. The minimum atomic E-state index is -6.28. The highest BCUT2D eigenvalue weighted by molar-refractivity contribution is 7.86. The summed E-state index contributed by atoms with van der Waals surface area (Å²) in [6.45, 7) is 3.07. The lowest BCUT2D eigenvalue weighted by atomic mass is 10.2. The van der Waals surface area contributed by atoms with Crippen LogP contribution in [0.1, 0.15) is 6.42 Å². The molecule has 0 aromatic rings. The van der Waals surface area contributed by atoms with Gasteiger partial charge in [-0.05, 0) is 0 Å². The lowest BCUT2D eigenvalue weighted by molar-refractivity contribution is -0.354. The van der Waals surface area contributed by atoms with E-state index in [1.54, 1.807) is 0 Å². The van der Waals surface area contributed by atoms with Crippen LogP contribution in [0.25, 0.3) is 0 Å². The topological polar surface area (TPSA) is 119 Å². The molecule has 0 fully saturated rings. The van der Waals surface area contributed by atoms with Crippen molar-refractivity contribution in [2.45, 2.75) is 23.6 Å². The maximum absolute atomic E-state index is 13.2. The van der Waals surface area contributed by atoms with Gasteiger partial charge in [0.1, 0.15) is 0 Å². The summed E-state index contributed by atoms with van der Waals surface area (Å²) in [5.74, 6) is -11.9. The first-order valence-electron chi connectivity index (χ1n) is 5.95. The van der Waals surface area contributed by atoms with Crippen molar-refractivity contribution in [3.8, 4) is 0 Å². The number of rotatable bonds is 9. The number of ether oxygens (including phenoxy) is 3. The number of alkyl halides is 5. The fourth-order valence-corrected chi connectivity index (χ4v) is 1.50. The summed E-state index contributed by atoms with van der Waals surface area (Å²) >= 11 is 0. The van der Waals surface area contributed by atoms with Crippen molar-refractivity contribution in [2.75, 3.05) is 6.61 Å². The van der Waals surface area contributed by atoms with Gasteiger partial charge >= 0.3 is 29.2 Å². The number of hydrogen-bond donors (Lipinski definition) is 0. The summed E-state index contributed by atoms with van der Waals surface area (Å²) in [5.41, 5.74) is 0. The second kappa shape index (κ2) is 8.05. The third-order valence-corrected chi connectivity index (χ3v) is 3.29. The average molecular weight is 415 g/mol. The summed E-state index contributed by atoms with van der Waals surface area (Å²) in [7, 11) is -6.28. The van der Waals surface area contributed by atoms with Crippen molar-refractivity contribution in [1.82, 2.24) is 0 Å². The molecular formula is C11H9F6O8S-. The van der Waals surface area contributed by atoms with Crippen LogP contribution in [0.2, 0.25) is 0 Å². The zero-order chi connectivity index (χ0) is 21.0. The summed E-state index contributed by atoms with van der Waals surface area (Å²) < 4.78 is 120. The van der Waals surface area contributed by atoms with E-state index in [4.69, 9.17) is 0 Å². The molecule has 0 aromatic heterocycles. The van der Waals surface area contributed by atoms with Crippen LogP contribution in [0, 0.1) is 0 Å². The molecule has 0 rings (SSSR count).